The fourth-order valence-electron chi connectivity index (χ4n) is 3.62. The molecule has 1 aliphatic heterocycles. The van der Waals surface area contributed by atoms with Crippen LogP contribution in [-0.4, -0.2) is 36.5 Å². The van der Waals surface area contributed by atoms with Crippen LogP contribution in [0.5, 0.6) is 5.75 Å². The summed E-state index contributed by atoms with van der Waals surface area (Å²) >= 11 is 0. The summed E-state index contributed by atoms with van der Waals surface area (Å²) in [6.07, 6.45) is 3.04. The Morgan fingerprint density at radius 3 is 2.78 bits per heavy atom. The van der Waals surface area contributed by atoms with Crippen molar-refractivity contribution in [2.45, 2.75) is 18.9 Å². The smallest absolute Gasteiger partial charge is 0.292 e. The minimum Gasteiger partial charge on any atom is -0.497 e. The molecule has 1 saturated heterocycles. The maximum absolute atomic E-state index is 12.7. The monoisotopic (exact) mass is 364 g/mol. The number of para-hydroxylation sites is 1. The molecule has 6 nitrogen and oxygen atoms in total. The van der Waals surface area contributed by atoms with Gasteiger partial charge in [-0.15, -0.1) is 0 Å². The van der Waals surface area contributed by atoms with Crippen molar-refractivity contribution >= 4 is 28.4 Å². The fraction of sp³-hybridized carbons (Fsp3) is 0.238. The number of ether oxygens (including phenoxy) is 1. The SMILES string of the molecule is COc1ccc2[nH]cc(CC[NH2+][C@@H]3CC(=O)N(c4ccccc4)C3=O)c2c1. The normalized spacial score (nSPS) is 17.1. The topological polar surface area (TPSA) is 79.0 Å². The molecule has 1 aliphatic rings. The van der Waals surface area contributed by atoms with E-state index in [9.17, 15) is 9.59 Å². The molecule has 0 radical (unpaired) electrons. The number of aromatic nitrogens is 1. The van der Waals surface area contributed by atoms with E-state index >= 15 is 0 Å². The molecule has 0 aliphatic carbocycles. The highest BCUT2D eigenvalue weighted by Gasteiger charge is 2.41. The Hall–Kier alpha value is -3.12. The summed E-state index contributed by atoms with van der Waals surface area (Å²) in [6, 6.07) is 14.7. The van der Waals surface area contributed by atoms with Crippen LogP contribution >= 0.6 is 0 Å². The molecular formula is C21H22N3O3+. The Kier molecular flexibility index (Phi) is 4.64. The second-order valence-electron chi connectivity index (χ2n) is 6.71. The number of aromatic amines is 1. The van der Waals surface area contributed by atoms with E-state index in [1.54, 1.807) is 19.2 Å². The van der Waals surface area contributed by atoms with Crippen molar-refractivity contribution in [1.29, 1.82) is 0 Å². The number of H-pyrrole nitrogens is 1. The third-order valence-electron chi connectivity index (χ3n) is 5.04. The average Bonchev–Trinajstić information content (AvgIpc) is 3.22. The number of nitrogens with one attached hydrogen (secondary N) is 1. The summed E-state index contributed by atoms with van der Waals surface area (Å²) < 4.78 is 5.30. The summed E-state index contributed by atoms with van der Waals surface area (Å²) in [5.74, 6) is 0.554. The average molecular weight is 364 g/mol. The summed E-state index contributed by atoms with van der Waals surface area (Å²) in [5.41, 5.74) is 2.89. The van der Waals surface area contributed by atoms with Gasteiger partial charge in [0.2, 0.25) is 5.91 Å². The number of anilines is 1. The lowest BCUT2D eigenvalue weighted by Crippen LogP contribution is -2.92. The molecule has 6 heteroatoms. The minimum absolute atomic E-state index is 0.133. The zero-order valence-corrected chi connectivity index (χ0v) is 15.1. The molecule has 27 heavy (non-hydrogen) atoms. The Bertz CT molecular complexity index is 981. The lowest BCUT2D eigenvalue weighted by atomic mass is 10.1. The summed E-state index contributed by atoms with van der Waals surface area (Å²) in [7, 11) is 1.66. The Balaban J connectivity index is 1.41. The molecule has 2 aromatic carbocycles. The lowest BCUT2D eigenvalue weighted by Gasteiger charge is -2.13. The number of fused-ring (bicyclic) bond motifs is 1. The number of carbonyl (C=O) groups excluding carboxylic acids is 2. The highest BCUT2D eigenvalue weighted by molar-refractivity contribution is 6.21. The van der Waals surface area contributed by atoms with Crippen LogP contribution in [0.4, 0.5) is 5.69 Å². The Labute approximate surface area is 157 Å². The molecule has 1 aromatic heterocycles. The largest absolute Gasteiger partial charge is 0.497 e. The van der Waals surface area contributed by atoms with Crippen LogP contribution in [0.2, 0.25) is 0 Å². The third kappa shape index (κ3) is 3.31. The first-order chi connectivity index (χ1) is 13.2. The predicted octanol–water partition coefficient (Wildman–Crippen LogP) is 1.61. The van der Waals surface area contributed by atoms with Gasteiger partial charge in [0.15, 0.2) is 6.04 Å². The maximum Gasteiger partial charge on any atom is 0.292 e. The van der Waals surface area contributed by atoms with Gasteiger partial charge in [-0.2, -0.15) is 0 Å². The Morgan fingerprint density at radius 1 is 1.19 bits per heavy atom. The van der Waals surface area contributed by atoms with E-state index in [-0.39, 0.29) is 24.3 Å². The molecule has 3 N–H and O–H groups in total. The van der Waals surface area contributed by atoms with Gasteiger partial charge >= 0.3 is 0 Å². The van der Waals surface area contributed by atoms with Gasteiger partial charge in [-0.05, 0) is 35.9 Å². The van der Waals surface area contributed by atoms with Gasteiger partial charge in [0.25, 0.3) is 5.91 Å². The van der Waals surface area contributed by atoms with Crippen LogP contribution in [0.3, 0.4) is 0 Å². The third-order valence-corrected chi connectivity index (χ3v) is 5.04. The van der Waals surface area contributed by atoms with Gasteiger partial charge in [0.05, 0.1) is 25.8 Å². The number of quaternary nitrogens is 1. The van der Waals surface area contributed by atoms with E-state index < -0.39 is 0 Å². The number of hydrogen-bond acceptors (Lipinski definition) is 3. The van der Waals surface area contributed by atoms with Gasteiger partial charge < -0.3 is 15.0 Å². The molecule has 0 saturated carbocycles. The number of amides is 2. The van der Waals surface area contributed by atoms with E-state index in [1.165, 1.54) is 10.5 Å². The molecule has 0 unspecified atom stereocenters. The summed E-state index contributed by atoms with van der Waals surface area (Å²) in [5, 5.41) is 3.10. The number of nitrogens with zero attached hydrogens (tertiary/aromatic N) is 1. The first kappa shape index (κ1) is 17.3. The van der Waals surface area contributed by atoms with Crippen LogP contribution in [0.1, 0.15) is 12.0 Å². The number of benzene rings is 2. The summed E-state index contributed by atoms with van der Waals surface area (Å²) in [4.78, 5) is 29.5. The fourth-order valence-corrected chi connectivity index (χ4v) is 3.62. The maximum atomic E-state index is 12.7. The van der Waals surface area contributed by atoms with Crippen LogP contribution in [0.15, 0.2) is 54.7 Å². The van der Waals surface area contributed by atoms with Gasteiger partial charge in [0.1, 0.15) is 5.75 Å². The molecule has 2 heterocycles. The quantitative estimate of drug-likeness (QED) is 0.653. The van der Waals surface area contributed by atoms with Crippen LogP contribution in [0.25, 0.3) is 10.9 Å². The van der Waals surface area contributed by atoms with Crippen molar-refractivity contribution in [3.8, 4) is 5.75 Å². The molecule has 1 fully saturated rings. The molecule has 1 atom stereocenters. The minimum atomic E-state index is -0.350. The van der Waals surface area contributed by atoms with Gasteiger partial charge in [-0.3, -0.25) is 9.59 Å². The van der Waals surface area contributed by atoms with Crippen molar-refractivity contribution in [2.24, 2.45) is 0 Å². The van der Waals surface area contributed by atoms with E-state index in [2.05, 4.69) is 4.98 Å². The highest BCUT2D eigenvalue weighted by Crippen LogP contribution is 2.24. The molecule has 4 rings (SSSR count). The van der Waals surface area contributed by atoms with E-state index in [0.717, 1.165) is 29.6 Å². The number of imide groups is 1. The van der Waals surface area contributed by atoms with Crippen molar-refractivity contribution in [1.82, 2.24) is 4.98 Å². The zero-order valence-electron chi connectivity index (χ0n) is 15.1. The highest BCUT2D eigenvalue weighted by atomic mass is 16.5. The van der Waals surface area contributed by atoms with Crippen molar-refractivity contribution in [2.75, 3.05) is 18.6 Å². The van der Waals surface area contributed by atoms with Crippen LogP contribution in [0, 0.1) is 0 Å². The van der Waals surface area contributed by atoms with E-state index in [1.807, 2.05) is 47.9 Å². The van der Waals surface area contributed by atoms with E-state index in [0.29, 0.717) is 5.69 Å². The van der Waals surface area contributed by atoms with Crippen molar-refractivity contribution in [3.05, 3.63) is 60.3 Å². The molecule has 0 spiro atoms. The number of hydrogen-bond donors (Lipinski definition) is 2. The number of nitrogens with two attached hydrogens (primary N) is 1. The van der Waals surface area contributed by atoms with Crippen LogP contribution in [-0.2, 0) is 16.0 Å². The second-order valence-corrected chi connectivity index (χ2v) is 6.71. The van der Waals surface area contributed by atoms with Gasteiger partial charge in [-0.25, -0.2) is 4.90 Å². The van der Waals surface area contributed by atoms with Crippen LogP contribution < -0.4 is 15.0 Å². The molecule has 0 bridgehead atoms. The first-order valence-electron chi connectivity index (χ1n) is 9.06. The predicted molar refractivity (Wildman–Crippen MR) is 103 cm³/mol. The standard InChI is InChI=1S/C21H21N3O3/c1-27-16-7-8-18-17(11-16)14(13-23-18)9-10-22-19-12-20(25)24(21(19)26)15-5-3-2-4-6-15/h2-8,11,13,19,22-23H,9-10,12H2,1H3/p+1/t19-/m1/s1. The number of rotatable bonds is 6. The summed E-state index contributed by atoms with van der Waals surface area (Å²) in [6.45, 7) is 0.733. The van der Waals surface area contributed by atoms with Crippen molar-refractivity contribution in [3.63, 3.8) is 0 Å². The van der Waals surface area contributed by atoms with E-state index in [4.69, 9.17) is 4.74 Å². The Morgan fingerprint density at radius 2 is 2.00 bits per heavy atom. The van der Waals surface area contributed by atoms with Crippen molar-refractivity contribution < 1.29 is 19.6 Å². The second kappa shape index (κ2) is 7.25. The van der Waals surface area contributed by atoms with Gasteiger partial charge in [0, 0.05) is 23.5 Å². The zero-order chi connectivity index (χ0) is 18.8. The van der Waals surface area contributed by atoms with Gasteiger partial charge in [-0.1, -0.05) is 18.2 Å². The number of methoxy groups -OCH3 is 1. The lowest BCUT2D eigenvalue weighted by molar-refractivity contribution is -0.674. The molecule has 2 amide bonds. The molecule has 138 valence electrons. The first-order valence-corrected chi connectivity index (χ1v) is 9.06. The molecule has 3 aromatic rings. The number of carbonyl (C=O) groups is 2. The molecular weight excluding hydrogens is 342 g/mol.